The summed E-state index contributed by atoms with van der Waals surface area (Å²) in [6.07, 6.45) is 5.68. The number of carbonyl (C=O) groups excluding carboxylic acids is 1. The molecule has 1 atom stereocenters. The summed E-state index contributed by atoms with van der Waals surface area (Å²) in [6, 6.07) is 7.69. The first kappa shape index (κ1) is 25.3. The molecule has 190 valence electrons. The molecule has 2 N–H and O–H groups in total. The highest BCUT2D eigenvalue weighted by Gasteiger charge is 2.27. The van der Waals surface area contributed by atoms with Gasteiger partial charge in [0.05, 0.1) is 5.69 Å². The fourth-order valence-corrected chi connectivity index (χ4v) is 5.41. The number of amides is 1. The number of phenols is 1. The minimum absolute atomic E-state index is 0.00697. The molecule has 1 aliphatic heterocycles. The van der Waals surface area contributed by atoms with Crippen molar-refractivity contribution in [3.8, 4) is 11.5 Å². The average Bonchev–Trinajstić information content (AvgIpc) is 2.87. The van der Waals surface area contributed by atoms with Gasteiger partial charge in [-0.05, 0) is 56.3 Å². The molecule has 35 heavy (non-hydrogen) atoms. The number of hydrogen-bond acceptors (Lipinski definition) is 6. The van der Waals surface area contributed by atoms with E-state index in [2.05, 4.69) is 22.8 Å². The summed E-state index contributed by atoms with van der Waals surface area (Å²) in [5.74, 6) is 0.149. The first-order valence-electron chi connectivity index (χ1n) is 12.8. The summed E-state index contributed by atoms with van der Waals surface area (Å²) in [4.78, 5) is 31.3. The Morgan fingerprint density at radius 2 is 1.89 bits per heavy atom. The molecule has 1 aromatic carbocycles. The van der Waals surface area contributed by atoms with E-state index in [9.17, 15) is 19.8 Å². The Morgan fingerprint density at radius 1 is 1.11 bits per heavy atom. The van der Waals surface area contributed by atoms with Gasteiger partial charge in [0, 0.05) is 57.6 Å². The molecular weight excluding hydrogens is 444 g/mol. The van der Waals surface area contributed by atoms with Gasteiger partial charge in [0.25, 0.3) is 0 Å². The van der Waals surface area contributed by atoms with E-state index in [0.29, 0.717) is 30.6 Å². The minimum atomic E-state index is -0.424. The maximum atomic E-state index is 12.8. The Hall–Kier alpha value is -2.84. The largest absolute Gasteiger partial charge is 0.508 e. The van der Waals surface area contributed by atoms with Crippen molar-refractivity contribution in [1.29, 1.82) is 0 Å². The van der Waals surface area contributed by atoms with Crippen LogP contribution in [0.1, 0.15) is 36.6 Å². The van der Waals surface area contributed by atoms with Crippen LogP contribution in [0.15, 0.2) is 35.3 Å². The van der Waals surface area contributed by atoms with Gasteiger partial charge in [-0.15, -0.1) is 0 Å². The molecule has 2 aromatic rings. The van der Waals surface area contributed by atoms with Crippen molar-refractivity contribution >= 4 is 5.91 Å². The molecule has 0 unspecified atom stereocenters. The summed E-state index contributed by atoms with van der Waals surface area (Å²) in [5.41, 5.74) is 2.39. The van der Waals surface area contributed by atoms with Crippen molar-refractivity contribution in [3.05, 3.63) is 57.5 Å². The number of aromatic nitrogens is 1. The molecule has 2 aliphatic rings. The maximum Gasteiger partial charge on any atom is 0.242 e. The van der Waals surface area contributed by atoms with E-state index in [1.54, 1.807) is 23.8 Å². The highest BCUT2D eigenvalue weighted by molar-refractivity contribution is 5.76. The number of aromatic hydroxyl groups is 2. The highest BCUT2D eigenvalue weighted by Crippen LogP contribution is 2.30. The molecule has 2 heterocycles. The zero-order valence-electron chi connectivity index (χ0n) is 20.9. The third kappa shape index (κ3) is 5.87. The summed E-state index contributed by atoms with van der Waals surface area (Å²) < 4.78 is 1.64. The van der Waals surface area contributed by atoms with Crippen molar-refractivity contribution in [3.63, 3.8) is 0 Å². The molecule has 1 saturated heterocycles. The van der Waals surface area contributed by atoms with E-state index >= 15 is 0 Å². The quantitative estimate of drug-likeness (QED) is 0.598. The van der Waals surface area contributed by atoms with E-state index < -0.39 is 5.43 Å². The Balaban J connectivity index is 1.27. The van der Waals surface area contributed by atoms with Crippen LogP contribution in [-0.2, 0) is 24.2 Å². The summed E-state index contributed by atoms with van der Waals surface area (Å²) >= 11 is 0. The van der Waals surface area contributed by atoms with E-state index in [4.69, 9.17) is 0 Å². The smallest absolute Gasteiger partial charge is 0.242 e. The Morgan fingerprint density at radius 3 is 2.63 bits per heavy atom. The third-order valence-electron chi connectivity index (χ3n) is 7.61. The van der Waals surface area contributed by atoms with Crippen molar-refractivity contribution in [2.75, 3.05) is 45.8 Å². The van der Waals surface area contributed by atoms with Crippen LogP contribution in [0.5, 0.6) is 11.5 Å². The lowest BCUT2D eigenvalue weighted by Gasteiger charge is -2.39. The van der Waals surface area contributed by atoms with Gasteiger partial charge in [-0.3, -0.25) is 19.4 Å². The van der Waals surface area contributed by atoms with Crippen molar-refractivity contribution in [2.45, 2.75) is 52.1 Å². The molecule has 8 heteroatoms. The van der Waals surface area contributed by atoms with Crippen molar-refractivity contribution in [2.24, 2.45) is 0 Å². The van der Waals surface area contributed by atoms with E-state index in [0.717, 1.165) is 64.0 Å². The number of piperazine rings is 1. The van der Waals surface area contributed by atoms with Crippen LogP contribution in [0.3, 0.4) is 0 Å². The predicted octanol–water partition coefficient (Wildman–Crippen LogP) is 1.98. The molecule has 1 amide bonds. The Labute approximate surface area is 207 Å². The van der Waals surface area contributed by atoms with Gasteiger partial charge >= 0.3 is 0 Å². The van der Waals surface area contributed by atoms with Gasteiger partial charge in [-0.25, -0.2) is 0 Å². The molecule has 8 nitrogen and oxygen atoms in total. The molecular formula is C27H38N4O4. The predicted molar refractivity (Wildman–Crippen MR) is 136 cm³/mol. The van der Waals surface area contributed by atoms with Crippen LogP contribution < -0.4 is 5.43 Å². The summed E-state index contributed by atoms with van der Waals surface area (Å²) in [6.45, 7) is 10.1. The average molecular weight is 483 g/mol. The van der Waals surface area contributed by atoms with Crippen LogP contribution in [0, 0.1) is 6.92 Å². The number of phenolic OH excluding ortho intramolecular Hbond substituents is 1. The Bertz CT molecular complexity index is 1090. The fraction of sp³-hybridized carbons (Fsp3) is 0.556. The van der Waals surface area contributed by atoms with Gasteiger partial charge in [0.2, 0.25) is 11.3 Å². The summed E-state index contributed by atoms with van der Waals surface area (Å²) in [5, 5.41) is 20.0. The molecule has 1 fully saturated rings. The van der Waals surface area contributed by atoms with Crippen molar-refractivity contribution < 1.29 is 15.0 Å². The second kappa shape index (κ2) is 11.3. The Kier molecular flexibility index (Phi) is 8.13. The molecule has 0 spiro atoms. The van der Waals surface area contributed by atoms with Crippen LogP contribution in [0.2, 0.25) is 0 Å². The minimum Gasteiger partial charge on any atom is -0.508 e. The highest BCUT2D eigenvalue weighted by atomic mass is 16.3. The molecule has 4 rings (SSSR count). The number of pyridine rings is 1. The summed E-state index contributed by atoms with van der Waals surface area (Å²) in [7, 11) is 0. The number of rotatable bonds is 8. The zero-order chi connectivity index (χ0) is 24.9. The van der Waals surface area contributed by atoms with Gasteiger partial charge < -0.3 is 19.7 Å². The second-order valence-electron chi connectivity index (χ2n) is 9.81. The van der Waals surface area contributed by atoms with Gasteiger partial charge in [-0.1, -0.05) is 19.1 Å². The second-order valence-corrected chi connectivity index (χ2v) is 9.81. The number of nitrogens with zero attached hydrogens (tertiary/aromatic N) is 4. The fourth-order valence-electron chi connectivity index (χ4n) is 5.41. The van der Waals surface area contributed by atoms with E-state index in [1.165, 1.54) is 11.6 Å². The first-order chi connectivity index (χ1) is 16.9. The molecule has 0 saturated carbocycles. The van der Waals surface area contributed by atoms with Gasteiger partial charge in [-0.2, -0.15) is 0 Å². The third-order valence-corrected chi connectivity index (χ3v) is 7.61. The van der Waals surface area contributed by atoms with Gasteiger partial charge in [0.15, 0.2) is 5.75 Å². The number of fused-ring (bicyclic) bond motifs is 1. The topological polar surface area (TPSA) is 89.2 Å². The number of benzene rings is 1. The van der Waals surface area contributed by atoms with Gasteiger partial charge in [0.1, 0.15) is 12.3 Å². The lowest BCUT2D eigenvalue weighted by molar-refractivity contribution is -0.133. The molecule has 1 aliphatic carbocycles. The standard InChI is InChI=1S/C27H38N4O4/c1-3-10-29(22-7-8-23-21(18-22)5-4-6-24(23)32)15-12-28-13-16-30(17-14-28)26(34)19-31-11-9-25(33)27(35)20(31)2/h4-6,9,11,22,32,35H,3,7-8,10,12-19H2,1-2H3/t22-/m0/s1. The molecule has 0 radical (unpaired) electrons. The number of hydrogen-bond donors (Lipinski definition) is 2. The van der Waals surface area contributed by atoms with Crippen LogP contribution in [-0.4, -0.2) is 87.2 Å². The normalized spacial score (nSPS) is 18.6. The lowest BCUT2D eigenvalue weighted by atomic mass is 9.87. The van der Waals surface area contributed by atoms with Crippen LogP contribution >= 0.6 is 0 Å². The lowest BCUT2D eigenvalue weighted by Crippen LogP contribution is -2.52. The van der Waals surface area contributed by atoms with Crippen LogP contribution in [0.4, 0.5) is 0 Å². The number of carbonyl (C=O) groups is 1. The zero-order valence-corrected chi connectivity index (χ0v) is 20.9. The monoisotopic (exact) mass is 482 g/mol. The van der Waals surface area contributed by atoms with Crippen LogP contribution in [0.25, 0.3) is 0 Å². The molecule has 0 bridgehead atoms. The SMILES string of the molecule is CCCN(CCN1CCN(C(=O)Cn2ccc(=O)c(O)c2C)CC1)[C@H]1CCc2c(O)cccc2C1. The van der Waals surface area contributed by atoms with E-state index in [-0.39, 0.29) is 18.2 Å². The maximum absolute atomic E-state index is 12.8. The van der Waals surface area contributed by atoms with E-state index in [1.807, 2.05) is 11.0 Å². The molecule has 1 aromatic heterocycles. The first-order valence-corrected chi connectivity index (χ1v) is 12.8. The van der Waals surface area contributed by atoms with Crippen molar-refractivity contribution in [1.82, 2.24) is 19.3 Å².